The molecule has 1 N–H and O–H groups in total. The number of carbonyl (C=O) groups excluding carboxylic acids is 3. The smallest absolute Gasteiger partial charge is 0.335 e. The molecule has 0 saturated carbocycles. The monoisotopic (exact) mass is 359 g/mol. The Morgan fingerprint density at radius 1 is 1.20 bits per heavy atom. The van der Waals surface area contributed by atoms with Crippen LogP contribution in [0.2, 0.25) is 0 Å². The molecule has 1 aliphatic heterocycles. The summed E-state index contributed by atoms with van der Waals surface area (Å²) in [5, 5.41) is 2.52. The molecule has 8 nitrogen and oxygen atoms in total. The van der Waals surface area contributed by atoms with E-state index in [0.717, 1.165) is 12.8 Å². The summed E-state index contributed by atoms with van der Waals surface area (Å²) in [6.07, 6.45) is 1.56. The summed E-state index contributed by atoms with van der Waals surface area (Å²) < 4.78 is 20.4. The van der Waals surface area contributed by atoms with Crippen LogP contribution in [-0.4, -0.2) is 63.0 Å². The highest BCUT2D eigenvalue weighted by molar-refractivity contribution is 5.86. The van der Waals surface area contributed by atoms with Crippen molar-refractivity contribution in [3.05, 3.63) is 0 Å². The molecule has 0 aliphatic carbocycles. The fourth-order valence-corrected chi connectivity index (χ4v) is 2.41. The van der Waals surface area contributed by atoms with Crippen LogP contribution in [0.4, 0.5) is 0 Å². The Bertz CT molecular complexity index is 446. The van der Waals surface area contributed by atoms with Gasteiger partial charge in [-0.15, -0.1) is 0 Å². The summed E-state index contributed by atoms with van der Waals surface area (Å²) in [5.74, 6) is -1.53. The second-order valence-corrected chi connectivity index (χ2v) is 6.49. The average molecular weight is 359 g/mol. The Labute approximate surface area is 148 Å². The number of hydrogen-bond acceptors (Lipinski definition) is 7. The third-order valence-corrected chi connectivity index (χ3v) is 3.76. The molecule has 25 heavy (non-hydrogen) atoms. The number of carbonyl (C=O) groups is 3. The minimum Gasteiger partial charge on any atom is -0.467 e. The lowest BCUT2D eigenvalue weighted by Gasteiger charge is -2.19. The lowest BCUT2D eigenvalue weighted by Crippen LogP contribution is -2.44. The highest BCUT2D eigenvalue weighted by atomic mass is 16.6. The quantitative estimate of drug-likeness (QED) is 0.576. The first-order valence-corrected chi connectivity index (χ1v) is 8.60. The number of methoxy groups -OCH3 is 1. The molecular weight excluding hydrogens is 330 g/mol. The van der Waals surface area contributed by atoms with Crippen LogP contribution < -0.4 is 5.32 Å². The van der Waals surface area contributed by atoms with E-state index < -0.39 is 36.6 Å². The first-order chi connectivity index (χ1) is 11.8. The summed E-state index contributed by atoms with van der Waals surface area (Å²) in [6.45, 7) is 5.97. The van der Waals surface area contributed by atoms with E-state index in [1.807, 2.05) is 13.8 Å². The normalized spacial score (nSPS) is 19.3. The van der Waals surface area contributed by atoms with Gasteiger partial charge in [0, 0.05) is 6.61 Å². The van der Waals surface area contributed by atoms with Crippen molar-refractivity contribution >= 4 is 17.8 Å². The average Bonchev–Trinajstić information content (AvgIpc) is 3.09. The Balaban J connectivity index is 2.32. The molecule has 1 heterocycles. The number of hydrogen-bond donors (Lipinski definition) is 1. The summed E-state index contributed by atoms with van der Waals surface area (Å²) in [6, 6.07) is -0.760. The summed E-state index contributed by atoms with van der Waals surface area (Å²) in [7, 11) is 1.26. The minimum absolute atomic E-state index is 0.00963. The molecule has 0 aromatic rings. The largest absolute Gasteiger partial charge is 0.467 e. The Kier molecular flexibility index (Phi) is 9.44. The van der Waals surface area contributed by atoms with E-state index in [9.17, 15) is 14.4 Å². The molecule has 1 amide bonds. The molecule has 8 heteroatoms. The third kappa shape index (κ3) is 8.31. The van der Waals surface area contributed by atoms with Crippen molar-refractivity contribution < 1.29 is 33.3 Å². The van der Waals surface area contributed by atoms with E-state index in [0.29, 0.717) is 19.6 Å². The number of ether oxygens (including phenoxy) is 4. The Morgan fingerprint density at radius 2 is 1.92 bits per heavy atom. The second kappa shape index (κ2) is 11.0. The SMILES string of the molecule is COC(=O)C(CC(C)C)NC(=O)COC(=O)C(C)OCC1CCCO1. The van der Waals surface area contributed by atoms with Crippen molar-refractivity contribution in [1.29, 1.82) is 0 Å². The standard InChI is InChI=1S/C17H29NO7/c1-11(2)8-14(17(21)22-4)18-15(19)10-25-16(20)12(3)24-9-13-6-5-7-23-13/h11-14H,5-10H2,1-4H3,(H,18,19). The van der Waals surface area contributed by atoms with Gasteiger partial charge in [-0.25, -0.2) is 9.59 Å². The van der Waals surface area contributed by atoms with Crippen LogP contribution in [0.1, 0.15) is 40.0 Å². The first kappa shape index (κ1) is 21.4. The molecular formula is C17H29NO7. The summed E-state index contributed by atoms with van der Waals surface area (Å²) >= 11 is 0. The predicted molar refractivity (Wildman–Crippen MR) is 88.7 cm³/mol. The summed E-state index contributed by atoms with van der Waals surface area (Å²) in [4.78, 5) is 35.4. The van der Waals surface area contributed by atoms with Crippen molar-refractivity contribution in [1.82, 2.24) is 5.32 Å². The van der Waals surface area contributed by atoms with Gasteiger partial charge in [-0.05, 0) is 32.1 Å². The fraction of sp³-hybridized carbons (Fsp3) is 0.824. The molecule has 3 atom stereocenters. The third-order valence-electron chi connectivity index (χ3n) is 3.76. The van der Waals surface area contributed by atoms with E-state index in [1.165, 1.54) is 7.11 Å². The van der Waals surface area contributed by atoms with Gasteiger partial charge in [-0.1, -0.05) is 13.8 Å². The number of amides is 1. The van der Waals surface area contributed by atoms with Crippen LogP contribution in [-0.2, 0) is 33.3 Å². The maximum Gasteiger partial charge on any atom is 0.335 e. The van der Waals surface area contributed by atoms with Gasteiger partial charge in [-0.3, -0.25) is 4.79 Å². The lowest BCUT2D eigenvalue weighted by atomic mass is 10.0. The minimum atomic E-state index is -0.788. The maximum atomic E-state index is 11.9. The molecule has 0 aromatic heterocycles. The number of nitrogens with one attached hydrogen (secondary N) is 1. The van der Waals surface area contributed by atoms with E-state index >= 15 is 0 Å². The van der Waals surface area contributed by atoms with E-state index in [-0.39, 0.29) is 12.0 Å². The molecule has 0 spiro atoms. The van der Waals surface area contributed by atoms with Gasteiger partial charge in [0.05, 0.1) is 19.8 Å². The number of esters is 2. The number of rotatable bonds is 10. The van der Waals surface area contributed by atoms with Gasteiger partial charge < -0.3 is 24.3 Å². The van der Waals surface area contributed by atoms with Crippen molar-refractivity contribution in [2.24, 2.45) is 5.92 Å². The van der Waals surface area contributed by atoms with Gasteiger partial charge in [0.25, 0.3) is 5.91 Å². The van der Waals surface area contributed by atoms with E-state index in [4.69, 9.17) is 14.2 Å². The molecule has 0 bridgehead atoms. The molecule has 1 aliphatic rings. The highest BCUT2D eigenvalue weighted by Crippen LogP contribution is 2.13. The molecule has 0 radical (unpaired) electrons. The van der Waals surface area contributed by atoms with Gasteiger partial charge in [0.2, 0.25) is 0 Å². The van der Waals surface area contributed by atoms with Crippen LogP contribution in [0.15, 0.2) is 0 Å². The van der Waals surface area contributed by atoms with Gasteiger partial charge in [0.1, 0.15) is 6.04 Å². The van der Waals surface area contributed by atoms with Crippen LogP contribution in [0.3, 0.4) is 0 Å². The van der Waals surface area contributed by atoms with Crippen LogP contribution in [0, 0.1) is 5.92 Å². The van der Waals surface area contributed by atoms with Gasteiger partial charge in [0.15, 0.2) is 12.7 Å². The molecule has 1 fully saturated rings. The Morgan fingerprint density at radius 3 is 2.48 bits per heavy atom. The second-order valence-electron chi connectivity index (χ2n) is 6.49. The zero-order chi connectivity index (χ0) is 18.8. The van der Waals surface area contributed by atoms with Gasteiger partial charge in [-0.2, -0.15) is 0 Å². The Hall–Kier alpha value is -1.67. The first-order valence-electron chi connectivity index (χ1n) is 8.60. The van der Waals surface area contributed by atoms with Gasteiger partial charge >= 0.3 is 11.9 Å². The lowest BCUT2D eigenvalue weighted by molar-refractivity contribution is -0.161. The van der Waals surface area contributed by atoms with Crippen LogP contribution >= 0.6 is 0 Å². The molecule has 1 saturated heterocycles. The van der Waals surface area contributed by atoms with Crippen molar-refractivity contribution in [2.75, 3.05) is 26.9 Å². The zero-order valence-electron chi connectivity index (χ0n) is 15.4. The molecule has 144 valence electrons. The molecule has 0 aromatic carbocycles. The van der Waals surface area contributed by atoms with E-state index in [1.54, 1.807) is 6.92 Å². The molecule has 1 rings (SSSR count). The summed E-state index contributed by atoms with van der Waals surface area (Å²) in [5.41, 5.74) is 0. The predicted octanol–water partition coefficient (Wildman–Crippen LogP) is 0.818. The topological polar surface area (TPSA) is 100 Å². The zero-order valence-corrected chi connectivity index (χ0v) is 15.4. The van der Waals surface area contributed by atoms with Crippen LogP contribution in [0.5, 0.6) is 0 Å². The fourth-order valence-electron chi connectivity index (χ4n) is 2.41. The van der Waals surface area contributed by atoms with Crippen LogP contribution in [0.25, 0.3) is 0 Å². The highest BCUT2D eigenvalue weighted by Gasteiger charge is 2.24. The van der Waals surface area contributed by atoms with Crippen molar-refractivity contribution in [3.8, 4) is 0 Å². The van der Waals surface area contributed by atoms with Crippen molar-refractivity contribution in [3.63, 3.8) is 0 Å². The van der Waals surface area contributed by atoms with Crippen molar-refractivity contribution in [2.45, 2.75) is 58.3 Å². The molecule has 3 unspecified atom stereocenters. The maximum absolute atomic E-state index is 11.9. The van der Waals surface area contributed by atoms with E-state index in [2.05, 4.69) is 10.1 Å².